The minimum Gasteiger partial charge on any atom is -0.490 e. The second-order valence-corrected chi connectivity index (χ2v) is 5.00. The van der Waals surface area contributed by atoms with Gasteiger partial charge in [-0.15, -0.1) is 0 Å². The summed E-state index contributed by atoms with van der Waals surface area (Å²) in [4.78, 5) is 0. The van der Waals surface area contributed by atoms with Crippen molar-refractivity contribution in [1.82, 2.24) is 5.32 Å². The average Bonchev–Trinajstić information content (AvgIpc) is 2.40. The van der Waals surface area contributed by atoms with Gasteiger partial charge < -0.3 is 14.8 Å². The second-order valence-electron chi connectivity index (χ2n) is 5.00. The summed E-state index contributed by atoms with van der Waals surface area (Å²) >= 11 is 0. The highest BCUT2D eigenvalue weighted by atomic mass is 16.5. The fourth-order valence-electron chi connectivity index (χ4n) is 1.84. The smallest absolute Gasteiger partial charge is 0.161 e. The monoisotopic (exact) mass is 265 g/mol. The fraction of sp³-hybridized carbons (Fsp3) is 0.625. The van der Waals surface area contributed by atoms with Crippen molar-refractivity contribution in [1.29, 1.82) is 0 Å². The van der Waals surface area contributed by atoms with Gasteiger partial charge in [0.1, 0.15) is 6.61 Å². The van der Waals surface area contributed by atoms with Crippen molar-refractivity contribution < 1.29 is 9.47 Å². The normalized spacial score (nSPS) is 12.5. The van der Waals surface area contributed by atoms with Crippen molar-refractivity contribution in [3.05, 3.63) is 24.3 Å². The first-order chi connectivity index (χ1) is 9.19. The zero-order valence-corrected chi connectivity index (χ0v) is 12.6. The molecule has 0 heterocycles. The molecule has 0 aliphatic carbocycles. The van der Waals surface area contributed by atoms with Gasteiger partial charge >= 0.3 is 0 Å². The van der Waals surface area contributed by atoms with Crippen molar-refractivity contribution in [2.45, 2.75) is 40.2 Å². The van der Waals surface area contributed by atoms with E-state index in [1.807, 2.05) is 31.2 Å². The Morgan fingerprint density at radius 3 is 2.21 bits per heavy atom. The Morgan fingerprint density at radius 1 is 1.05 bits per heavy atom. The van der Waals surface area contributed by atoms with Crippen LogP contribution in [-0.2, 0) is 0 Å². The van der Waals surface area contributed by atoms with Crippen molar-refractivity contribution in [3.8, 4) is 11.5 Å². The molecule has 0 saturated carbocycles. The molecule has 0 amide bonds. The number of rotatable bonds is 9. The first-order valence-corrected chi connectivity index (χ1v) is 7.27. The van der Waals surface area contributed by atoms with E-state index in [1.54, 1.807) is 0 Å². The van der Waals surface area contributed by atoms with E-state index in [1.165, 1.54) is 0 Å². The van der Waals surface area contributed by atoms with E-state index in [0.29, 0.717) is 25.2 Å². The zero-order valence-electron chi connectivity index (χ0n) is 12.6. The van der Waals surface area contributed by atoms with Crippen LogP contribution in [0, 0.1) is 5.92 Å². The molecular formula is C16H27NO2. The Kier molecular flexibility index (Phi) is 7.34. The molecule has 0 aliphatic heterocycles. The average molecular weight is 265 g/mol. The third kappa shape index (κ3) is 5.52. The second kappa shape index (κ2) is 8.81. The van der Waals surface area contributed by atoms with Gasteiger partial charge in [0.2, 0.25) is 0 Å². The number of hydrogen-bond donors (Lipinski definition) is 1. The molecule has 1 unspecified atom stereocenters. The Morgan fingerprint density at radius 2 is 1.68 bits per heavy atom. The van der Waals surface area contributed by atoms with E-state index in [0.717, 1.165) is 24.5 Å². The molecule has 3 heteroatoms. The van der Waals surface area contributed by atoms with Gasteiger partial charge in [-0.2, -0.15) is 0 Å². The summed E-state index contributed by atoms with van der Waals surface area (Å²) < 4.78 is 11.5. The Bertz CT molecular complexity index is 352. The SMILES string of the molecule is CCCNC(COc1ccccc1OCC)C(C)C. The lowest BCUT2D eigenvalue weighted by Gasteiger charge is -2.23. The topological polar surface area (TPSA) is 30.5 Å². The van der Waals surface area contributed by atoms with Gasteiger partial charge in [-0.25, -0.2) is 0 Å². The van der Waals surface area contributed by atoms with Crippen LogP contribution in [0.1, 0.15) is 34.1 Å². The van der Waals surface area contributed by atoms with E-state index >= 15 is 0 Å². The molecule has 1 aromatic rings. The highest BCUT2D eigenvalue weighted by Crippen LogP contribution is 2.26. The maximum atomic E-state index is 5.92. The van der Waals surface area contributed by atoms with Crippen LogP contribution >= 0.6 is 0 Å². The van der Waals surface area contributed by atoms with E-state index < -0.39 is 0 Å². The van der Waals surface area contributed by atoms with Gasteiger partial charge in [-0.3, -0.25) is 0 Å². The van der Waals surface area contributed by atoms with Crippen LogP contribution in [0.2, 0.25) is 0 Å². The van der Waals surface area contributed by atoms with Gasteiger partial charge in [-0.05, 0) is 37.9 Å². The summed E-state index contributed by atoms with van der Waals surface area (Å²) in [5, 5.41) is 3.52. The van der Waals surface area contributed by atoms with Crippen LogP contribution in [0.25, 0.3) is 0 Å². The lowest BCUT2D eigenvalue weighted by Crippen LogP contribution is -2.39. The molecule has 0 radical (unpaired) electrons. The molecule has 1 rings (SSSR count). The van der Waals surface area contributed by atoms with Gasteiger partial charge in [0.25, 0.3) is 0 Å². The molecule has 0 aliphatic rings. The van der Waals surface area contributed by atoms with Crippen LogP contribution in [0.3, 0.4) is 0 Å². The zero-order chi connectivity index (χ0) is 14.1. The van der Waals surface area contributed by atoms with E-state index in [9.17, 15) is 0 Å². The van der Waals surface area contributed by atoms with Crippen LogP contribution in [0.4, 0.5) is 0 Å². The predicted molar refractivity (Wildman–Crippen MR) is 80.0 cm³/mol. The standard InChI is InChI=1S/C16H27NO2/c1-5-11-17-14(13(3)4)12-19-16-10-8-7-9-15(16)18-6-2/h7-10,13-14,17H,5-6,11-12H2,1-4H3. The quantitative estimate of drug-likeness (QED) is 0.741. The molecular weight excluding hydrogens is 238 g/mol. The van der Waals surface area contributed by atoms with Crippen LogP contribution in [0.5, 0.6) is 11.5 Å². The molecule has 0 spiro atoms. The Hall–Kier alpha value is -1.22. The largest absolute Gasteiger partial charge is 0.490 e. The van der Waals surface area contributed by atoms with E-state index in [2.05, 4.69) is 26.1 Å². The lowest BCUT2D eigenvalue weighted by atomic mass is 10.1. The minimum absolute atomic E-state index is 0.370. The Balaban J connectivity index is 2.58. The number of nitrogens with one attached hydrogen (secondary N) is 1. The van der Waals surface area contributed by atoms with Crippen molar-refractivity contribution >= 4 is 0 Å². The summed E-state index contributed by atoms with van der Waals surface area (Å²) in [6.07, 6.45) is 1.14. The minimum atomic E-state index is 0.370. The van der Waals surface area contributed by atoms with Crippen molar-refractivity contribution in [2.24, 2.45) is 5.92 Å². The van der Waals surface area contributed by atoms with Crippen LogP contribution in [-0.4, -0.2) is 25.8 Å². The van der Waals surface area contributed by atoms with Crippen molar-refractivity contribution in [2.75, 3.05) is 19.8 Å². The summed E-state index contributed by atoms with van der Waals surface area (Å²) in [7, 11) is 0. The third-order valence-electron chi connectivity index (χ3n) is 3.03. The summed E-state index contributed by atoms with van der Waals surface area (Å²) in [6.45, 7) is 10.9. The molecule has 19 heavy (non-hydrogen) atoms. The summed E-state index contributed by atoms with van der Waals surface area (Å²) in [5.41, 5.74) is 0. The molecule has 0 saturated heterocycles. The maximum absolute atomic E-state index is 5.92. The summed E-state index contributed by atoms with van der Waals surface area (Å²) in [6, 6.07) is 8.22. The number of hydrogen-bond acceptors (Lipinski definition) is 3. The number of ether oxygens (including phenoxy) is 2. The fourth-order valence-corrected chi connectivity index (χ4v) is 1.84. The molecule has 0 bridgehead atoms. The third-order valence-corrected chi connectivity index (χ3v) is 3.03. The van der Waals surface area contributed by atoms with Gasteiger partial charge in [0, 0.05) is 6.04 Å². The molecule has 0 aromatic heterocycles. The van der Waals surface area contributed by atoms with Gasteiger partial charge in [-0.1, -0.05) is 32.9 Å². The predicted octanol–water partition coefficient (Wildman–Crippen LogP) is 3.49. The molecule has 108 valence electrons. The van der Waals surface area contributed by atoms with Crippen LogP contribution < -0.4 is 14.8 Å². The molecule has 1 atom stereocenters. The van der Waals surface area contributed by atoms with Crippen molar-refractivity contribution in [3.63, 3.8) is 0 Å². The maximum Gasteiger partial charge on any atom is 0.161 e. The van der Waals surface area contributed by atoms with Gasteiger partial charge in [0.15, 0.2) is 11.5 Å². The van der Waals surface area contributed by atoms with E-state index in [-0.39, 0.29) is 0 Å². The highest BCUT2D eigenvalue weighted by Gasteiger charge is 2.14. The molecule has 3 nitrogen and oxygen atoms in total. The van der Waals surface area contributed by atoms with E-state index in [4.69, 9.17) is 9.47 Å². The molecule has 1 N–H and O–H groups in total. The first kappa shape index (κ1) is 15.8. The highest BCUT2D eigenvalue weighted by molar-refractivity contribution is 5.39. The number of benzene rings is 1. The molecule has 1 aromatic carbocycles. The first-order valence-electron chi connectivity index (χ1n) is 7.27. The van der Waals surface area contributed by atoms with Gasteiger partial charge in [0.05, 0.1) is 6.61 Å². The van der Waals surface area contributed by atoms with Crippen LogP contribution in [0.15, 0.2) is 24.3 Å². The Labute approximate surface area is 117 Å². The lowest BCUT2D eigenvalue weighted by molar-refractivity contribution is 0.218. The number of para-hydroxylation sites is 2. The summed E-state index contributed by atoms with van der Waals surface area (Å²) in [5.74, 6) is 2.20. The molecule has 0 fully saturated rings.